The summed E-state index contributed by atoms with van der Waals surface area (Å²) in [6.07, 6.45) is 4.24. The highest BCUT2D eigenvalue weighted by Crippen LogP contribution is 2.23. The van der Waals surface area contributed by atoms with Gasteiger partial charge in [-0.1, -0.05) is 58.0 Å². The Hall–Kier alpha value is -1.08. The molecule has 1 rings (SSSR count). The van der Waals surface area contributed by atoms with Gasteiger partial charge in [0, 0.05) is 12.0 Å². The average Bonchev–Trinajstić information content (AvgIpc) is 2.39. The van der Waals surface area contributed by atoms with Crippen molar-refractivity contribution in [2.75, 3.05) is 13.1 Å². The lowest BCUT2D eigenvalue weighted by Gasteiger charge is -2.27. The molecule has 0 heterocycles. The molecule has 0 aliphatic heterocycles. The van der Waals surface area contributed by atoms with Gasteiger partial charge >= 0.3 is 0 Å². The first kappa shape index (κ1) is 16.0. The van der Waals surface area contributed by atoms with E-state index < -0.39 is 0 Å². The SMILES string of the molecule is C=CC(C)(CNCC(C)C)Cc1ccc(CC)cc1. The molecule has 1 aromatic carbocycles. The maximum absolute atomic E-state index is 4.02. The number of hydrogen-bond acceptors (Lipinski definition) is 1. The van der Waals surface area contributed by atoms with E-state index in [4.69, 9.17) is 0 Å². The summed E-state index contributed by atoms with van der Waals surface area (Å²) in [5, 5.41) is 3.55. The standard InChI is InChI=1S/C18H29N/c1-6-16-8-10-17(11-9-16)12-18(5,7-2)14-19-13-15(3)4/h7-11,15,19H,2,6,12-14H2,1,3-5H3. The Kier molecular flexibility index (Phi) is 6.30. The van der Waals surface area contributed by atoms with E-state index >= 15 is 0 Å². The predicted octanol–water partition coefficient (Wildman–Crippen LogP) is 4.23. The predicted molar refractivity (Wildman–Crippen MR) is 85.5 cm³/mol. The minimum atomic E-state index is 0.128. The van der Waals surface area contributed by atoms with Crippen molar-refractivity contribution in [1.29, 1.82) is 0 Å². The minimum absolute atomic E-state index is 0.128. The van der Waals surface area contributed by atoms with Crippen LogP contribution in [0, 0.1) is 11.3 Å². The molecule has 1 unspecified atom stereocenters. The lowest BCUT2D eigenvalue weighted by atomic mass is 9.83. The second-order valence-electron chi connectivity index (χ2n) is 6.23. The fraction of sp³-hybridized carbons (Fsp3) is 0.556. The fourth-order valence-electron chi connectivity index (χ4n) is 2.21. The molecule has 1 atom stereocenters. The minimum Gasteiger partial charge on any atom is -0.316 e. The molecular weight excluding hydrogens is 230 g/mol. The van der Waals surface area contributed by atoms with Gasteiger partial charge in [0.25, 0.3) is 0 Å². The van der Waals surface area contributed by atoms with Crippen molar-refractivity contribution in [3.63, 3.8) is 0 Å². The largest absolute Gasteiger partial charge is 0.316 e. The monoisotopic (exact) mass is 259 g/mol. The number of benzene rings is 1. The Labute approximate surface area is 119 Å². The highest BCUT2D eigenvalue weighted by Gasteiger charge is 2.20. The first-order chi connectivity index (χ1) is 8.99. The summed E-state index contributed by atoms with van der Waals surface area (Å²) in [6.45, 7) is 15.0. The number of nitrogens with one attached hydrogen (secondary N) is 1. The van der Waals surface area contributed by atoms with Gasteiger partial charge in [-0.3, -0.25) is 0 Å². The molecule has 0 saturated heterocycles. The van der Waals surface area contributed by atoms with Crippen LogP contribution in [-0.2, 0) is 12.8 Å². The van der Waals surface area contributed by atoms with Crippen LogP contribution < -0.4 is 5.32 Å². The first-order valence-electron chi connectivity index (χ1n) is 7.41. The quantitative estimate of drug-likeness (QED) is 0.689. The van der Waals surface area contributed by atoms with Crippen molar-refractivity contribution in [2.45, 2.75) is 40.5 Å². The van der Waals surface area contributed by atoms with E-state index in [0.29, 0.717) is 5.92 Å². The number of aryl methyl sites for hydroxylation is 1. The molecule has 19 heavy (non-hydrogen) atoms. The first-order valence-corrected chi connectivity index (χ1v) is 7.41. The highest BCUT2D eigenvalue weighted by atomic mass is 14.9. The topological polar surface area (TPSA) is 12.0 Å². The van der Waals surface area contributed by atoms with Gasteiger partial charge in [-0.2, -0.15) is 0 Å². The van der Waals surface area contributed by atoms with E-state index in [1.165, 1.54) is 11.1 Å². The molecule has 1 heteroatoms. The molecule has 0 aliphatic rings. The molecule has 106 valence electrons. The summed E-state index contributed by atoms with van der Waals surface area (Å²) in [6, 6.07) is 8.98. The summed E-state index contributed by atoms with van der Waals surface area (Å²) in [7, 11) is 0. The van der Waals surface area contributed by atoms with Gasteiger partial charge in [-0.25, -0.2) is 0 Å². The van der Waals surface area contributed by atoms with Gasteiger partial charge < -0.3 is 5.32 Å². The van der Waals surface area contributed by atoms with Crippen LogP contribution in [0.25, 0.3) is 0 Å². The van der Waals surface area contributed by atoms with Crippen LogP contribution in [0.15, 0.2) is 36.9 Å². The molecule has 1 nitrogen and oxygen atoms in total. The van der Waals surface area contributed by atoms with Crippen LogP contribution in [0.5, 0.6) is 0 Å². The second kappa shape index (κ2) is 7.49. The summed E-state index contributed by atoms with van der Waals surface area (Å²) in [5.74, 6) is 0.693. The van der Waals surface area contributed by atoms with Crippen molar-refractivity contribution in [3.8, 4) is 0 Å². The van der Waals surface area contributed by atoms with Gasteiger partial charge in [0.05, 0.1) is 0 Å². The van der Waals surface area contributed by atoms with Crippen LogP contribution in [-0.4, -0.2) is 13.1 Å². The molecule has 0 spiro atoms. The molecule has 0 aromatic heterocycles. The molecule has 0 saturated carbocycles. The van der Waals surface area contributed by atoms with Crippen molar-refractivity contribution in [3.05, 3.63) is 48.0 Å². The van der Waals surface area contributed by atoms with Gasteiger partial charge in [0.15, 0.2) is 0 Å². The van der Waals surface area contributed by atoms with Crippen LogP contribution in [0.3, 0.4) is 0 Å². The molecule has 0 fully saturated rings. The summed E-state index contributed by atoms with van der Waals surface area (Å²) < 4.78 is 0. The fourth-order valence-corrected chi connectivity index (χ4v) is 2.21. The average molecular weight is 259 g/mol. The van der Waals surface area contributed by atoms with E-state index in [1.54, 1.807) is 0 Å². The molecule has 0 bridgehead atoms. The van der Waals surface area contributed by atoms with Crippen molar-refractivity contribution < 1.29 is 0 Å². The lowest BCUT2D eigenvalue weighted by molar-refractivity contribution is 0.378. The zero-order valence-electron chi connectivity index (χ0n) is 13.0. The van der Waals surface area contributed by atoms with Crippen LogP contribution >= 0.6 is 0 Å². The maximum Gasteiger partial charge on any atom is 0.00431 e. The van der Waals surface area contributed by atoms with Gasteiger partial charge in [-0.15, -0.1) is 6.58 Å². The van der Waals surface area contributed by atoms with Gasteiger partial charge in [0.2, 0.25) is 0 Å². The Morgan fingerprint density at radius 2 is 1.79 bits per heavy atom. The Balaban J connectivity index is 2.60. The van der Waals surface area contributed by atoms with Crippen LogP contribution in [0.2, 0.25) is 0 Å². The highest BCUT2D eigenvalue weighted by molar-refractivity contribution is 5.24. The number of rotatable bonds is 8. The van der Waals surface area contributed by atoms with Crippen molar-refractivity contribution in [1.82, 2.24) is 5.32 Å². The molecule has 1 N–H and O–H groups in total. The smallest absolute Gasteiger partial charge is 0.00431 e. The summed E-state index contributed by atoms with van der Waals surface area (Å²) >= 11 is 0. The van der Waals surface area contributed by atoms with Crippen molar-refractivity contribution >= 4 is 0 Å². The Bertz CT molecular complexity index is 377. The van der Waals surface area contributed by atoms with Gasteiger partial charge in [0.1, 0.15) is 0 Å². The lowest BCUT2D eigenvalue weighted by Crippen LogP contribution is -2.34. The van der Waals surface area contributed by atoms with E-state index in [2.05, 4.69) is 69.9 Å². The van der Waals surface area contributed by atoms with E-state index in [1.807, 2.05) is 0 Å². The zero-order valence-corrected chi connectivity index (χ0v) is 13.0. The summed E-state index contributed by atoms with van der Waals surface area (Å²) in [4.78, 5) is 0. The normalized spacial score (nSPS) is 14.4. The summed E-state index contributed by atoms with van der Waals surface area (Å²) in [5.41, 5.74) is 2.93. The van der Waals surface area contributed by atoms with E-state index in [9.17, 15) is 0 Å². The Morgan fingerprint density at radius 3 is 2.26 bits per heavy atom. The molecule has 0 aliphatic carbocycles. The number of hydrogen-bond donors (Lipinski definition) is 1. The third-order valence-corrected chi connectivity index (χ3v) is 3.61. The van der Waals surface area contributed by atoms with E-state index in [0.717, 1.165) is 25.9 Å². The zero-order chi connectivity index (χ0) is 14.3. The maximum atomic E-state index is 4.02. The molecular formula is C18H29N. The third-order valence-electron chi connectivity index (χ3n) is 3.61. The molecule has 0 radical (unpaired) electrons. The Morgan fingerprint density at radius 1 is 1.21 bits per heavy atom. The van der Waals surface area contributed by atoms with Crippen molar-refractivity contribution in [2.24, 2.45) is 11.3 Å². The second-order valence-corrected chi connectivity index (χ2v) is 6.23. The third kappa shape index (κ3) is 5.61. The van der Waals surface area contributed by atoms with Gasteiger partial charge in [-0.05, 0) is 36.4 Å². The van der Waals surface area contributed by atoms with Crippen LogP contribution in [0.4, 0.5) is 0 Å². The molecule has 1 aromatic rings. The van der Waals surface area contributed by atoms with E-state index in [-0.39, 0.29) is 5.41 Å². The molecule has 0 amide bonds. The van der Waals surface area contributed by atoms with Crippen LogP contribution in [0.1, 0.15) is 38.8 Å².